The molecule has 35 heavy (non-hydrogen) atoms. The van der Waals surface area contributed by atoms with Crippen molar-refractivity contribution in [2.75, 3.05) is 6.61 Å². The molecular formula is C33H36NO+. The number of hydrogen-bond acceptors (Lipinski definition) is 1. The molecule has 0 spiro atoms. The Labute approximate surface area is 210 Å². The minimum atomic E-state index is 0.699. The molecule has 0 bridgehead atoms. The molecule has 2 nitrogen and oxygen atoms in total. The van der Waals surface area contributed by atoms with Gasteiger partial charge in [-0.15, -0.1) is 0 Å². The Morgan fingerprint density at radius 3 is 1.80 bits per heavy atom. The van der Waals surface area contributed by atoms with E-state index in [1.807, 2.05) is 0 Å². The van der Waals surface area contributed by atoms with Gasteiger partial charge in [-0.25, -0.2) is 4.57 Å². The van der Waals surface area contributed by atoms with Gasteiger partial charge in [-0.1, -0.05) is 79.7 Å². The molecule has 0 aliphatic rings. The minimum absolute atomic E-state index is 0.699. The number of hydrogen-bond donors (Lipinski definition) is 0. The van der Waals surface area contributed by atoms with E-state index in [1.54, 1.807) is 0 Å². The van der Waals surface area contributed by atoms with Gasteiger partial charge in [0.05, 0.1) is 6.61 Å². The lowest BCUT2D eigenvalue weighted by Gasteiger charge is -2.17. The molecule has 0 atom stereocenters. The summed E-state index contributed by atoms with van der Waals surface area (Å²) in [4.78, 5) is 0. The summed E-state index contributed by atoms with van der Waals surface area (Å²) in [6, 6.07) is 34.5. The smallest absolute Gasteiger partial charge is 0.178 e. The zero-order valence-corrected chi connectivity index (χ0v) is 21.4. The molecule has 4 rings (SSSR count). The maximum atomic E-state index is 6.11. The molecule has 2 heteroatoms. The van der Waals surface area contributed by atoms with Gasteiger partial charge >= 0.3 is 0 Å². The Balaban J connectivity index is 1.51. The van der Waals surface area contributed by atoms with Gasteiger partial charge in [-0.05, 0) is 58.9 Å². The summed E-state index contributed by atoms with van der Waals surface area (Å²) >= 11 is 0. The minimum Gasteiger partial charge on any atom is -0.493 e. The van der Waals surface area contributed by atoms with Gasteiger partial charge < -0.3 is 4.74 Å². The van der Waals surface area contributed by atoms with Crippen LogP contribution < -0.4 is 9.30 Å². The normalized spacial score (nSPS) is 11.8. The summed E-state index contributed by atoms with van der Waals surface area (Å²) in [5.74, 6) is 0.918. The zero-order chi connectivity index (χ0) is 24.6. The number of aromatic nitrogens is 1. The van der Waals surface area contributed by atoms with Crippen molar-refractivity contribution in [3.8, 4) is 5.75 Å². The fourth-order valence-electron chi connectivity index (χ4n) is 4.90. The third kappa shape index (κ3) is 6.08. The van der Waals surface area contributed by atoms with Crippen molar-refractivity contribution in [3.05, 3.63) is 131 Å². The monoisotopic (exact) mass is 462 g/mol. The van der Waals surface area contributed by atoms with Gasteiger partial charge in [0.15, 0.2) is 17.9 Å². The number of pyridine rings is 1. The molecule has 0 N–H and O–H groups in total. The average molecular weight is 463 g/mol. The number of allylic oxidation sites excluding steroid dienone is 1. The molecular weight excluding hydrogens is 426 g/mol. The van der Waals surface area contributed by atoms with E-state index >= 15 is 0 Å². The highest BCUT2D eigenvalue weighted by Gasteiger charge is 2.14. The van der Waals surface area contributed by atoms with E-state index in [0.717, 1.165) is 25.1 Å². The SMILES string of the molecule is CC/C(=C(/c1ccccc1)c1ccc(OCCC[n+]2c(C)cc(C)cc2C)cc1)c1ccccc1. The van der Waals surface area contributed by atoms with Gasteiger partial charge in [0.2, 0.25) is 0 Å². The Morgan fingerprint density at radius 1 is 0.686 bits per heavy atom. The van der Waals surface area contributed by atoms with Crippen LogP contribution in [0, 0.1) is 20.8 Å². The molecule has 0 amide bonds. The molecule has 4 aromatic rings. The fourth-order valence-corrected chi connectivity index (χ4v) is 4.90. The van der Waals surface area contributed by atoms with Gasteiger partial charge in [0.1, 0.15) is 5.75 Å². The van der Waals surface area contributed by atoms with Crippen LogP contribution in [0.3, 0.4) is 0 Å². The number of aryl methyl sites for hydroxylation is 3. The molecule has 0 unspecified atom stereocenters. The molecule has 0 radical (unpaired) electrons. The van der Waals surface area contributed by atoms with Crippen molar-refractivity contribution in [2.45, 2.75) is 47.1 Å². The molecule has 0 saturated heterocycles. The van der Waals surface area contributed by atoms with E-state index in [0.29, 0.717) is 6.61 Å². The first kappa shape index (κ1) is 24.5. The second kappa shape index (κ2) is 11.7. The van der Waals surface area contributed by atoms with E-state index < -0.39 is 0 Å². The third-order valence-corrected chi connectivity index (χ3v) is 6.50. The second-order valence-electron chi connectivity index (χ2n) is 9.13. The first-order valence-corrected chi connectivity index (χ1v) is 12.6. The van der Waals surface area contributed by atoms with Gasteiger partial charge in [0, 0.05) is 32.4 Å². The van der Waals surface area contributed by atoms with Crippen molar-refractivity contribution in [1.82, 2.24) is 0 Å². The lowest BCUT2D eigenvalue weighted by molar-refractivity contribution is -0.709. The van der Waals surface area contributed by atoms with E-state index in [9.17, 15) is 0 Å². The maximum Gasteiger partial charge on any atom is 0.178 e. The quantitative estimate of drug-likeness (QED) is 0.141. The summed E-state index contributed by atoms with van der Waals surface area (Å²) in [5.41, 5.74) is 10.3. The van der Waals surface area contributed by atoms with Crippen molar-refractivity contribution in [3.63, 3.8) is 0 Å². The number of nitrogens with zero attached hydrogens (tertiary/aromatic N) is 1. The first-order valence-electron chi connectivity index (χ1n) is 12.6. The van der Waals surface area contributed by atoms with Crippen molar-refractivity contribution in [1.29, 1.82) is 0 Å². The Kier molecular flexibility index (Phi) is 8.15. The molecule has 3 aromatic carbocycles. The Morgan fingerprint density at radius 2 is 1.23 bits per heavy atom. The van der Waals surface area contributed by atoms with Crippen molar-refractivity contribution < 1.29 is 9.30 Å². The maximum absolute atomic E-state index is 6.11. The van der Waals surface area contributed by atoms with Crippen molar-refractivity contribution in [2.24, 2.45) is 0 Å². The van der Waals surface area contributed by atoms with Gasteiger partial charge in [-0.2, -0.15) is 0 Å². The third-order valence-electron chi connectivity index (χ3n) is 6.50. The molecule has 0 saturated carbocycles. The van der Waals surface area contributed by atoms with Gasteiger partial charge in [-0.3, -0.25) is 0 Å². The summed E-state index contributed by atoms with van der Waals surface area (Å²) in [6.45, 7) is 10.4. The van der Waals surface area contributed by atoms with Gasteiger partial charge in [0.25, 0.3) is 0 Å². The van der Waals surface area contributed by atoms with Crippen LogP contribution in [-0.4, -0.2) is 6.61 Å². The zero-order valence-electron chi connectivity index (χ0n) is 21.4. The lowest BCUT2D eigenvalue weighted by Crippen LogP contribution is -2.41. The molecule has 0 aliphatic heterocycles. The van der Waals surface area contributed by atoms with Crippen LogP contribution in [0.15, 0.2) is 97.1 Å². The Bertz CT molecular complexity index is 1250. The highest BCUT2D eigenvalue weighted by Crippen LogP contribution is 2.34. The highest BCUT2D eigenvalue weighted by atomic mass is 16.5. The summed E-state index contributed by atoms with van der Waals surface area (Å²) < 4.78 is 8.48. The van der Waals surface area contributed by atoms with Crippen LogP contribution in [0.25, 0.3) is 11.1 Å². The first-order chi connectivity index (χ1) is 17.1. The fraction of sp³-hybridized carbons (Fsp3) is 0.242. The topological polar surface area (TPSA) is 13.1 Å². The summed E-state index contributed by atoms with van der Waals surface area (Å²) in [6.07, 6.45) is 1.93. The predicted molar refractivity (Wildman–Crippen MR) is 146 cm³/mol. The van der Waals surface area contributed by atoms with Crippen molar-refractivity contribution >= 4 is 11.1 Å². The van der Waals surface area contributed by atoms with Crippen LogP contribution in [0.1, 0.15) is 53.4 Å². The molecule has 1 aromatic heterocycles. The van der Waals surface area contributed by atoms with Crippen LogP contribution in [0.2, 0.25) is 0 Å². The second-order valence-corrected chi connectivity index (χ2v) is 9.13. The van der Waals surface area contributed by atoms with E-state index in [4.69, 9.17) is 4.74 Å². The highest BCUT2D eigenvalue weighted by molar-refractivity contribution is 5.98. The number of rotatable bonds is 9. The molecule has 178 valence electrons. The number of benzene rings is 3. The standard InChI is InChI=1S/C33H36NO/c1-5-32(28-13-8-6-9-14-28)33(29-15-10-7-11-16-29)30-17-19-31(20-18-30)35-22-12-21-34-26(3)23-25(2)24-27(34)4/h6-11,13-20,23-24H,5,12,21-22H2,1-4H3/q+1/b33-32+. The van der Waals surface area contributed by atoms with Crippen LogP contribution in [0.4, 0.5) is 0 Å². The average Bonchev–Trinajstić information content (AvgIpc) is 2.88. The predicted octanol–water partition coefficient (Wildman–Crippen LogP) is 7.74. The molecule has 0 aliphatic carbocycles. The van der Waals surface area contributed by atoms with E-state index in [1.165, 1.54) is 44.8 Å². The van der Waals surface area contributed by atoms with Crippen LogP contribution in [-0.2, 0) is 6.54 Å². The largest absolute Gasteiger partial charge is 0.493 e. The van der Waals surface area contributed by atoms with Crippen LogP contribution in [0.5, 0.6) is 5.75 Å². The lowest BCUT2D eigenvalue weighted by atomic mass is 9.88. The summed E-state index contributed by atoms with van der Waals surface area (Å²) in [5, 5.41) is 0. The Hall–Kier alpha value is -3.65. The molecule has 0 fully saturated rings. The molecule has 1 heterocycles. The number of ether oxygens (including phenoxy) is 1. The summed E-state index contributed by atoms with van der Waals surface area (Å²) in [7, 11) is 0. The van der Waals surface area contributed by atoms with E-state index in [-0.39, 0.29) is 0 Å². The van der Waals surface area contributed by atoms with E-state index in [2.05, 4.69) is 129 Å². The van der Waals surface area contributed by atoms with Crippen LogP contribution >= 0.6 is 0 Å².